The monoisotopic (exact) mass is 283 g/mol. The van der Waals surface area contributed by atoms with Gasteiger partial charge in [-0.1, -0.05) is 30.3 Å². The van der Waals surface area contributed by atoms with Crippen LogP contribution in [0.2, 0.25) is 0 Å². The SMILES string of the molecule is Cc1cccc2c1NC(=O)[C@@H](N)N=C2c1cccc(F)c1. The highest BCUT2D eigenvalue weighted by atomic mass is 19.1. The summed E-state index contributed by atoms with van der Waals surface area (Å²) in [5.41, 5.74) is 9.19. The molecule has 5 heteroatoms. The van der Waals surface area contributed by atoms with Crippen LogP contribution < -0.4 is 11.1 Å². The maximum absolute atomic E-state index is 13.5. The number of para-hydroxylation sites is 1. The molecule has 0 fully saturated rings. The van der Waals surface area contributed by atoms with Crippen LogP contribution in [0.3, 0.4) is 0 Å². The molecule has 2 aromatic rings. The lowest BCUT2D eigenvalue weighted by atomic mass is 9.98. The van der Waals surface area contributed by atoms with Crippen LogP contribution in [0.15, 0.2) is 47.5 Å². The van der Waals surface area contributed by atoms with E-state index < -0.39 is 6.17 Å². The van der Waals surface area contributed by atoms with Gasteiger partial charge in [0, 0.05) is 11.1 Å². The Morgan fingerprint density at radius 1 is 1.24 bits per heavy atom. The lowest BCUT2D eigenvalue weighted by molar-refractivity contribution is -0.117. The third-order valence-corrected chi connectivity index (χ3v) is 3.41. The maximum Gasteiger partial charge on any atom is 0.263 e. The minimum absolute atomic E-state index is 0.360. The molecule has 0 bridgehead atoms. The van der Waals surface area contributed by atoms with Crippen LogP contribution in [0.5, 0.6) is 0 Å². The minimum Gasteiger partial charge on any atom is -0.322 e. The van der Waals surface area contributed by atoms with E-state index in [-0.39, 0.29) is 11.7 Å². The van der Waals surface area contributed by atoms with Gasteiger partial charge in [0.1, 0.15) is 5.82 Å². The molecular weight excluding hydrogens is 269 g/mol. The highest BCUT2D eigenvalue weighted by Crippen LogP contribution is 2.26. The topological polar surface area (TPSA) is 67.5 Å². The summed E-state index contributed by atoms with van der Waals surface area (Å²) in [7, 11) is 0. The standard InChI is InChI=1S/C16H14FN3O/c1-9-4-2-7-12-13(9)20-16(21)15(18)19-14(12)10-5-3-6-11(17)8-10/h2-8,15H,18H2,1H3,(H,20,21)/t15-/m0/s1. The van der Waals surface area contributed by atoms with E-state index in [1.54, 1.807) is 12.1 Å². The van der Waals surface area contributed by atoms with E-state index in [2.05, 4.69) is 10.3 Å². The van der Waals surface area contributed by atoms with Crippen LogP contribution in [0.1, 0.15) is 16.7 Å². The van der Waals surface area contributed by atoms with Crippen molar-refractivity contribution >= 4 is 17.3 Å². The van der Waals surface area contributed by atoms with Crippen molar-refractivity contribution in [3.63, 3.8) is 0 Å². The first-order chi connectivity index (χ1) is 10.1. The zero-order valence-corrected chi connectivity index (χ0v) is 11.4. The molecule has 0 saturated carbocycles. The number of nitrogens with one attached hydrogen (secondary N) is 1. The van der Waals surface area contributed by atoms with Crippen molar-refractivity contribution in [2.75, 3.05) is 5.32 Å². The molecule has 1 aliphatic rings. The second-order valence-corrected chi connectivity index (χ2v) is 4.92. The molecule has 0 aliphatic carbocycles. The van der Waals surface area contributed by atoms with Gasteiger partial charge in [-0.3, -0.25) is 9.79 Å². The average Bonchev–Trinajstić information content (AvgIpc) is 2.58. The molecular formula is C16H14FN3O. The third kappa shape index (κ3) is 2.43. The van der Waals surface area contributed by atoms with Crippen LogP contribution in [0.4, 0.5) is 10.1 Å². The summed E-state index contributed by atoms with van der Waals surface area (Å²) in [6, 6.07) is 11.7. The van der Waals surface area contributed by atoms with E-state index in [0.717, 1.165) is 11.1 Å². The molecule has 21 heavy (non-hydrogen) atoms. The molecule has 1 heterocycles. The summed E-state index contributed by atoms with van der Waals surface area (Å²) in [4.78, 5) is 16.2. The summed E-state index contributed by atoms with van der Waals surface area (Å²) >= 11 is 0. The number of carbonyl (C=O) groups excluding carboxylic acids is 1. The fraction of sp³-hybridized carbons (Fsp3) is 0.125. The molecule has 0 saturated heterocycles. The third-order valence-electron chi connectivity index (χ3n) is 3.41. The van der Waals surface area contributed by atoms with Crippen molar-refractivity contribution < 1.29 is 9.18 Å². The van der Waals surface area contributed by atoms with Gasteiger partial charge >= 0.3 is 0 Å². The van der Waals surface area contributed by atoms with Gasteiger partial charge in [0.25, 0.3) is 5.91 Å². The zero-order chi connectivity index (χ0) is 15.0. The van der Waals surface area contributed by atoms with Crippen molar-refractivity contribution in [2.24, 2.45) is 10.7 Å². The molecule has 1 atom stereocenters. The number of halogens is 1. The Kier molecular flexibility index (Phi) is 3.27. The highest BCUT2D eigenvalue weighted by molar-refractivity contribution is 6.19. The van der Waals surface area contributed by atoms with Gasteiger partial charge in [-0.15, -0.1) is 0 Å². The number of hydrogen-bond acceptors (Lipinski definition) is 3. The van der Waals surface area contributed by atoms with Gasteiger partial charge in [0.15, 0.2) is 6.17 Å². The predicted molar refractivity (Wildman–Crippen MR) is 79.8 cm³/mol. The van der Waals surface area contributed by atoms with Crippen LogP contribution in [0, 0.1) is 12.7 Å². The van der Waals surface area contributed by atoms with Crippen LogP contribution >= 0.6 is 0 Å². The van der Waals surface area contributed by atoms with Crippen molar-refractivity contribution in [2.45, 2.75) is 13.1 Å². The number of nitrogens with zero attached hydrogens (tertiary/aromatic N) is 1. The van der Waals surface area contributed by atoms with Crippen molar-refractivity contribution in [1.82, 2.24) is 0 Å². The zero-order valence-electron chi connectivity index (χ0n) is 11.4. The first kappa shape index (κ1) is 13.5. The summed E-state index contributed by atoms with van der Waals surface area (Å²) in [5.74, 6) is -0.738. The van der Waals surface area contributed by atoms with Gasteiger partial charge in [-0.05, 0) is 24.6 Å². The number of fused-ring (bicyclic) bond motifs is 1. The Bertz CT molecular complexity index is 755. The number of benzodiazepines with no additional fused rings is 1. The summed E-state index contributed by atoms with van der Waals surface area (Å²) < 4.78 is 13.5. The number of carbonyl (C=O) groups is 1. The maximum atomic E-state index is 13.5. The second-order valence-electron chi connectivity index (χ2n) is 4.92. The molecule has 1 amide bonds. The Morgan fingerprint density at radius 2 is 2.00 bits per heavy atom. The largest absolute Gasteiger partial charge is 0.322 e. The lowest BCUT2D eigenvalue weighted by Gasteiger charge is -2.12. The first-order valence-corrected chi connectivity index (χ1v) is 6.56. The van der Waals surface area contributed by atoms with Crippen molar-refractivity contribution in [3.8, 4) is 0 Å². The van der Waals surface area contributed by atoms with E-state index in [4.69, 9.17) is 5.73 Å². The number of hydrogen-bond donors (Lipinski definition) is 2. The van der Waals surface area contributed by atoms with Crippen LogP contribution in [-0.2, 0) is 4.79 Å². The quantitative estimate of drug-likeness (QED) is 0.842. The number of benzene rings is 2. The lowest BCUT2D eigenvalue weighted by Crippen LogP contribution is -2.33. The molecule has 0 spiro atoms. The number of nitrogens with two attached hydrogens (primary N) is 1. The molecule has 3 rings (SSSR count). The highest BCUT2D eigenvalue weighted by Gasteiger charge is 2.24. The Balaban J connectivity index is 2.25. The normalized spacial score (nSPS) is 17.6. The van der Waals surface area contributed by atoms with E-state index >= 15 is 0 Å². The number of anilines is 1. The summed E-state index contributed by atoms with van der Waals surface area (Å²) in [6.07, 6.45) is -1.02. The average molecular weight is 283 g/mol. The van der Waals surface area contributed by atoms with Crippen LogP contribution in [0.25, 0.3) is 0 Å². The van der Waals surface area contributed by atoms with Gasteiger partial charge in [-0.2, -0.15) is 0 Å². The van der Waals surface area contributed by atoms with E-state index in [9.17, 15) is 9.18 Å². The molecule has 1 aliphatic heterocycles. The van der Waals surface area contributed by atoms with Crippen LogP contribution in [-0.4, -0.2) is 17.8 Å². The van der Waals surface area contributed by atoms with E-state index in [0.29, 0.717) is 17.0 Å². The van der Waals surface area contributed by atoms with Gasteiger partial charge < -0.3 is 11.1 Å². The first-order valence-electron chi connectivity index (χ1n) is 6.56. The number of aliphatic imine (C=N–C) groups is 1. The van der Waals surface area contributed by atoms with Crippen molar-refractivity contribution in [1.29, 1.82) is 0 Å². The molecule has 0 radical (unpaired) electrons. The van der Waals surface area contributed by atoms with Gasteiger partial charge in [0.2, 0.25) is 0 Å². The number of amides is 1. The molecule has 0 aromatic heterocycles. The summed E-state index contributed by atoms with van der Waals surface area (Å²) in [5, 5.41) is 2.78. The Morgan fingerprint density at radius 3 is 2.76 bits per heavy atom. The smallest absolute Gasteiger partial charge is 0.263 e. The predicted octanol–water partition coefficient (Wildman–Crippen LogP) is 2.21. The van der Waals surface area contributed by atoms with Gasteiger partial charge in [-0.25, -0.2) is 4.39 Å². The number of aryl methyl sites for hydroxylation is 1. The Labute approximate surface area is 121 Å². The fourth-order valence-electron chi connectivity index (χ4n) is 2.36. The van der Waals surface area contributed by atoms with Gasteiger partial charge in [0.05, 0.1) is 11.4 Å². The molecule has 4 nitrogen and oxygen atoms in total. The fourth-order valence-corrected chi connectivity index (χ4v) is 2.36. The van der Waals surface area contributed by atoms with E-state index in [1.165, 1.54) is 12.1 Å². The van der Waals surface area contributed by atoms with E-state index in [1.807, 2.05) is 25.1 Å². The Hall–Kier alpha value is -2.53. The molecule has 106 valence electrons. The second kappa shape index (κ2) is 5.10. The molecule has 0 unspecified atom stereocenters. The summed E-state index contributed by atoms with van der Waals surface area (Å²) in [6.45, 7) is 1.89. The minimum atomic E-state index is -1.02. The van der Waals surface area contributed by atoms with Crippen molar-refractivity contribution in [3.05, 3.63) is 65.0 Å². The molecule has 2 aromatic carbocycles. The molecule has 3 N–H and O–H groups in total. The number of rotatable bonds is 1.